The van der Waals surface area contributed by atoms with E-state index in [4.69, 9.17) is 0 Å². The van der Waals surface area contributed by atoms with Crippen LogP contribution in [0, 0.1) is 11.3 Å². The van der Waals surface area contributed by atoms with Gasteiger partial charge in [0.25, 0.3) is 0 Å². The van der Waals surface area contributed by atoms with Crippen LogP contribution in [0.5, 0.6) is 0 Å². The Labute approximate surface area is 188 Å². The Bertz CT molecular complexity index is 1250. The van der Waals surface area contributed by atoms with Crippen molar-refractivity contribution >= 4 is 28.4 Å². The summed E-state index contributed by atoms with van der Waals surface area (Å²) in [6, 6.07) is 27.6. The second-order valence-corrected chi connectivity index (χ2v) is 9.00. The lowest BCUT2D eigenvalue weighted by Crippen LogP contribution is -2.14. The van der Waals surface area contributed by atoms with Crippen molar-refractivity contribution in [2.45, 2.75) is 30.7 Å². The van der Waals surface area contributed by atoms with E-state index in [1.807, 2.05) is 26.1 Å². The van der Waals surface area contributed by atoms with E-state index in [2.05, 4.69) is 89.4 Å². The highest BCUT2D eigenvalue weighted by Crippen LogP contribution is 2.34. The van der Waals surface area contributed by atoms with Gasteiger partial charge in [-0.05, 0) is 85.3 Å². The lowest BCUT2D eigenvalue weighted by atomic mass is 9.83. The Balaban J connectivity index is 1.69. The quantitative estimate of drug-likeness (QED) is 0.338. The number of pyridine rings is 1. The summed E-state index contributed by atoms with van der Waals surface area (Å²) in [5.41, 5.74) is 5.86. The minimum atomic E-state index is -0.569. The molecule has 1 N–H and O–H groups in total. The number of hydrogen-bond acceptors (Lipinski definition) is 4. The molecular formula is C27H25N3S. The van der Waals surface area contributed by atoms with Crippen molar-refractivity contribution in [3.8, 4) is 17.2 Å². The monoisotopic (exact) mass is 423 g/mol. The highest BCUT2D eigenvalue weighted by Gasteiger charge is 2.22. The van der Waals surface area contributed by atoms with Gasteiger partial charge < -0.3 is 5.32 Å². The second kappa shape index (κ2) is 8.83. The number of thioether (sulfide) groups is 1. The molecule has 0 radical (unpaired) electrons. The largest absolute Gasteiger partial charge is 0.381 e. The smallest absolute Gasteiger partial charge is 0.0780 e. The Morgan fingerprint density at radius 1 is 1.00 bits per heavy atom. The molecule has 0 atom stereocenters. The first kappa shape index (κ1) is 21.0. The van der Waals surface area contributed by atoms with E-state index in [0.29, 0.717) is 0 Å². The fourth-order valence-corrected chi connectivity index (χ4v) is 4.01. The van der Waals surface area contributed by atoms with Gasteiger partial charge in [-0.15, -0.1) is 11.8 Å². The molecule has 0 saturated carbocycles. The molecular weight excluding hydrogens is 398 g/mol. The highest BCUT2D eigenvalue weighted by atomic mass is 32.2. The molecule has 3 nitrogen and oxygen atoms in total. The third-order valence-corrected chi connectivity index (χ3v) is 6.27. The molecule has 4 aromatic rings. The number of fused-ring (bicyclic) bond motifs is 1. The third kappa shape index (κ3) is 4.57. The molecule has 0 spiro atoms. The molecule has 4 heteroatoms. The first-order valence-electron chi connectivity index (χ1n) is 10.3. The van der Waals surface area contributed by atoms with Crippen molar-refractivity contribution in [2.24, 2.45) is 0 Å². The summed E-state index contributed by atoms with van der Waals surface area (Å²) < 4.78 is 0. The number of rotatable bonds is 6. The summed E-state index contributed by atoms with van der Waals surface area (Å²) in [7, 11) is 0. The maximum Gasteiger partial charge on any atom is 0.0780 e. The SMILES string of the molecule is CSc1ccc(NCc2cccc(-c3cc(C(C)(C)C#N)cc4cccnc34)c2)cc1. The van der Waals surface area contributed by atoms with Crippen LogP contribution in [0.2, 0.25) is 0 Å². The molecule has 0 bridgehead atoms. The zero-order valence-corrected chi connectivity index (χ0v) is 18.8. The van der Waals surface area contributed by atoms with Gasteiger partial charge in [-0.1, -0.05) is 24.3 Å². The first-order chi connectivity index (χ1) is 15.0. The zero-order valence-electron chi connectivity index (χ0n) is 18.0. The number of nitrogens with one attached hydrogen (secondary N) is 1. The van der Waals surface area contributed by atoms with Gasteiger partial charge in [-0.3, -0.25) is 4.98 Å². The molecule has 1 aromatic heterocycles. The molecule has 0 saturated heterocycles. The lowest BCUT2D eigenvalue weighted by molar-refractivity contribution is 0.688. The second-order valence-electron chi connectivity index (χ2n) is 8.12. The molecule has 0 aliphatic rings. The number of hydrogen-bond donors (Lipinski definition) is 1. The maximum atomic E-state index is 9.66. The summed E-state index contributed by atoms with van der Waals surface area (Å²) >= 11 is 1.74. The molecule has 31 heavy (non-hydrogen) atoms. The molecule has 1 heterocycles. The molecule has 154 valence electrons. The van der Waals surface area contributed by atoms with Gasteiger partial charge >= 0.3 is 0 Å². The van der Waals surface area contributed by atoms with Crippen LogP contribution in [0.25, 0.3) is 22.0 Å². The van der Waals surface area contributed by atoms with Gasteiger partial charge in [0.2, 0.25) is 0 Å². The van der Waals surface area contributed by atoms with E-state index in [1.54, 1.807) is 11.8 Å². The predicted molar refractivity (Wildman–Crippen MR) is 131 cm³/mol. The summed E-state index contributed by atoms with van der Waals surface area (Å²) in [6.45, 7) is 4.65. The molecule has 0 fully saturated rings. The highest BCUT2D eigenvalue weighted by molar-refractivity contribution is 7.98. The van der Waals surface area contributed by atoms with Crippen LogP contribution in [-0.4, -0.2) is 11.2 Å². The summed E-state index contributed by atoms with van der Waals surface area (Å²) in [5.74, 6) is 0. The number of nitriles is 1. The van der Waals surface area contributed by atoms with E-state index in [9.17, 15) is 5.26 Å². The average molecular weight is 424 g/mol. The van der Waals surface area contributed by atoms with E-state index in [1.165, 1.54) is 10.5 Å². The van der Waals surface area contributed by atoms with Crippen molar-refractivity contribution < 1.29 is 0 Å². The van der Waals surface area contributed by atoms with Crippen LogP contribution in [0.1, 0.15) is 25.0 Å². The number of nitrogens with zero attached hydrogens (tertiary/aromatic N) is 2. The van der Waals surface area contributed by atoms with Crippen molar-refractivity contribution in [1.82, 2.24) is 4.98 Å². The van der Waals surface area contributed by atoms with Crippen LogP contribution in [-0.2, 0) is 12.0 Å². The van der Waals surface area contributed by atoms with Crippen LogP contribution >= 0.6 is 11.8 Å². The predicted octanol–water partition coefficient (Wildman–Crippen LogP) is 7.04. The van der Waals surface area contributed by atoms with Gasteiger partial charge in [-0.25, -0.2) is 0 Å². The van der Waals surface area contributed by atoms with Crippen LogP contribution in [0.4, 0.5) is 5.69 Å². The fraction of sp³-hybridized carbons (Fsp3) is 0.185. The maximum absolute atomic E-state index is 9.66. The first-order valence-corrected chi connectivity index (χ1v) is 11.5. The fourth-order valence-electron chi connectivity index (χ4n) is 3.60. The topological polar surface area (TPSA) is 48.7 Å². The normalized spacial score (nSPS) is 11.3. The average Bonchev–Trinajstić information content (AvgIpc) is 2.82. The number of aromatic nitrogens is 1. The van der Waals surface area contributed by atoms with Gasteiger partial charge in [-0.2, -0.15) is 5.26 Å². The molecule has 0 amide bonds. The molecule has 0 aliphatic carbocycles. The molecule has 0 unspecified atom stereocenters. The lowest BCUT2D eigenvalue weighted by Gasteiger charge is -2.19. The van der Waals surface area contributed by atoms with Gasteiger partial charge in [0.15, 0.2) is 0 Å². The standard InChI is InChI=1S/C27H25N3S/c1-27(2,18-28)22-15-21-8-5-13-29-26(21)25(16-22)20-7-4-6-19(14-20)17-30-23-9-11-24(31-3)12-10-23/h4-16,30H,17H2,1-3H3. The Hall–Kier alpha value is -3.29. The van der Waals surface area contributed by atoms with Crippen LogP contribution in [0.15, 0.2) is 83.9 Å². The van der Waals surface area contributed by atoms with Crippen molar-refractivity contribution in [1.29, 1.82) is 5.26 Å². The van der Waals surface area contributed by atoms with Gasteiger partial charge in [0, 0.05) is 34.3 Å². The van der Waals surface area contributed by atoms with Crippen LogP contribution < -0.4 is 5.32 Å². The summed E-state index contributed by atoms with van der Waals surface area (Å²) in [4.78, 5) is 5.90. The summed E-state index contributed by atoms with van der Waals surface area (Å²) in [5, 5.41) is 14.2. The Kier molecular flexibility index (Phi) is 5.97. The van der Waals surface area contributed by atoms with Crippen molar-refractivity contribution in [2.75, 3.05) is 11.6 Å². The van der Waals surface area contributed by atoms with E-state index < -0.39 is 5.41 Å². The molecule has 0 aliphatic heterocycles. The molecule has 3 aromatic carbocycles. The summed E-state index contributed by atoms with van der Waals surface area (Å²) in [6.07, 6.45) is 3.91. The minimum absolute atomic E-state index is 0.569. The number of benzene rings is 3. The van der Waals surface area contributed by atoms with Crippen LogP contribution in [0.3, 0.4) is 0 Å². The van der Waals surface area contributed by atoms with Gasteiger partial charge in [0.05, 0.1) is 17.0 Å². The number of anilines is 1. The Morgan fingerprint density at radius 2 is 1.81 bits per heavy atom. The minimum Gasteiger partial charge on any atom is -0.381 e. The van der Waals surface area contributed by atoms with E-state index >= 15 is 0 Å². The zero-order chi connectivity index (χ0) is 21.8. The van der Waals surface area contributed by atoms with Crippen molar-refractivity contribution in [3.63, 3.8) is 0 Å². The third-order valence-electron chi connectivity index (χ3n) is 5.53. The van der Waals surface area contributed by atoms with Crippen molar-refractivity contribution in [3.05, 3.63) is 90.1 Å². The Morgan fingerprint density at radius 3 is 2.55 bits per heavy atom. The van der Waals surface area contributed by atoms with E-state index in [-0.39, 0.29) is 0 Å². The van der Waals surface area contributed by atoms with Gasteiger partial charge in [0.1, 0.15) is 0 Å². The molecule has 4 rings (SSSR count). The van der Waals surface area contributed by atoms with E-state index in [0.717, 1.165) is 39.8 Å².